The molecule has 2 aromatic rings. The lowest BCUT2D eigenvalue weighted by Gasteiger charge is -2.22. The van der Waals surface area contributed by atoms with Crippen LogP contribution in [-0.2, 0) is 13.0 Å². The molecule has 0 spiro atoms. The van der Waals surface area contributed by atoms with E-state index in [-0.39, 0.29) is 5.91 Å². The molecule has 0 fully saturated rings. The molecule has 0 aliphatic carbocycles. The van der Waals surface area contributed by atoms with Gasteiger partial charge in [-0.05, 0) is 52.9 Å². The van der Waals surface area contributed by atoms with E-state index in [0.717, 1.165) is 31.4 Å². The average molecular weight is 301 g/mol. The lowest BCUT2D eigenvalue weighted by Crippen LogP contribution is -2.31. The third kappa shape index (κ3) is 4.43. The van der Waals surface area contributed by atoms with Crippen LogP contribution in [-0.4, -0.2) is 17.4 Å². The summed E-state index contributed by atoms with van der Waals surface area (Å²) in [7, 11) is 0. The highest BCUT2D eigenvalue weighted by molar-refractivity contribution is 7.07. The van der Waals surface area contributed by atoms with E-state index in [2.05, 4.69) is 42.8 Å². The van der Waals surface area contributed by atoms with Crippen LogP contribution in [0.5, 0.6) is 0 Å². The van der Waals surface area contributed by atoms with Gasteiger partial charge in [0.2, 0.25) is 0 Å². The molecule has 21 heavy (non-hydrogen) atoms. The minimum Gasteiger partial charge on any atom is -0.334 e. The molecule has 2 rings (SSSR count). The Kier molecular flexibility index (Phi) is 6.00. The van der Waals surface area contributed by atoms with Crippen molar-refractivity contribution in [3.8, 4) is 0 Å². The fourth-order valence-corrected chi connectivity index (χ4v) is 3.07. The molecule has 3 heteroatoms. The van der Waals surface area contributed by atoms with Crippen molar-refractivity contribution in [3.05, 3.63) is 57.8 Å². The maximum atomic E-state index is 12.7. The molecule has 0 aliphatic heterocycles. The molecule has 1 aromatic heterocycles. The summed E-state index contributed by atoms with van der Waals surface area (Å²) in [6.07, 6.45) is 3.18. The lowest BCUT2D eigenvalue weighted by atomic mass is 10.1. The van der Waals surface area contributed by atoms with Crippen LogP contribution in [0.25, 0.3) is 0 Å². The molecule has 2 nitrogen and oxygen atoms in total. The van der Waals surface area contributed by atoms with Crippen LogP contribution in [0.15, 0.2) is 41.1 Å². The third-order valence-electron chi connectivity index (χ3n) is 3.47. The monoisotopic (exact) mass is 301 g/mol. The molecule has 1 amide bonds. The quantitative estimate of drug-likeness (QED) is 0.722. The Morgan fingerprint density at radius 1 is 1.05 bits per heavy atom. The summed E-state index contributed by atoms with van der Waals surface area (Å²) in [6.45, 7) is 5.78. The van der Waals surface area contributed by atoms with Gasteiger partial charge in [0.25, 0.3) is 5.91 Å². The van der Waals surface area contributed by atoms with Gasteiger partial charge in [-0.2, -0.15) is 11.3 Å². The molecule has 0 atom stereocenters. The summed E-state index contributed by atoms with van der Waals surface area (Å²) in [4.78, 5) is 14.6. The first-order valence-electron chi connectivity index (χ1n) is 7.63. The average Bonchev–Trinajstić information content (AvgIpc) is 3.00. The number of amides is 1. The van der Waals surface area contributed by atoms with E-state index in [1.165, 1.54) is 11.1 Å². The zero-order chi connectivity index (χ0) is 15.1. The second kappa shape index (κ2) is 7.99. The highest BCUT2D eigenvalue weighted by Gasteiger charge is 2.15. The molecule has 1 heterocycles. The third-order valence-corrected chi connectivity index (χ3v) is 4.21. The number of hydrogen-bond donors (Lipinski definition) is 0. The molecular formula is C18H23NOS. The van der Waals surface area contributed by atoms with Crippen molar-refractivity contribution >= 4 is 17.2 Å². The standard InChI is InChI=1S/C18H23NOS/c1-3-5-15-6-8-17(9-7-15)18(20)19(11-4-2)13-16-10-12-21-14-16/h6-10,12,14H,3-5,11,13H2,1-2H3. The van der Waals surface area contributed by atoms with Crippen LogP contribution >= 0.6 is 11.3 Å². The highest BCUT2D eigenvalue weighted by Crippen LogP contribution is 2.14. The first-order chi connectivity index (χ1) is 10.2. The Morgan fingerprint density at radius 3 is 2.38 bits per heavy atom. The van der Waals surface area contributed by atoms with E-state index in [1.807, 2.05) is 17.0 Å². The number of carbonyl (C=O) groups is 1. The van der Waals surface area contributed by atoms with Gasteiger partial charge in [-0.15, -0.1) is 0 Å². The van der Waals surface area contributed by atoms with Gasteiger partial charge in [-0.3, -0.25) is 4.79 Å². The Labute approximate surface area is 131 Å². The summed E-state index contributed by atoms with van der Waals surface area (Å²) < 4.78 is 0. The van der Waals surface area contributed by atoms with E-state index in [9.17, 15) is 4.79 Å². The first-order valence-corrected chi connectivity index (χ1v) is 8.58. The lowest BCUT2D eigenvalue weighted by molar-refractivity contribution is 0.0743. The number of aryl methyl sites for hydroxylation is 1. The molecule has 0 bridgehead atoms. The first kappa shape index (κ1) is 15.8. The zero-order valence-electron chi connectivity index (χ0n) is 12.8. The molecule has 0 N–H and O–H groups in total. The second-order valence-corrected chi connectivity index (χ2v) is 6.09. The zero-order valence-corrected chi connectivity index (χ0v) is 13.7. The number of nitrogens with zero attached hydrogens (tertiary/aromatic N) is 1. The van der Waals surface area contributed by atoms with Gasteiger partial charge in [0, 0.05) is 18.7 Å². The second-order valence-electron chi connectivity index (χ2n) is 5.31. The number of thiophene rings is 1. The number of rotatable bonds is 7. The van der Waals surface area contributed by atoms with Crippen molar-refractivity contribution in [3.63, 3.8) is 0 Å². The Balaban J connectivity index is 2.09. The van der Waals surface area contributed by atoms with Gasteiger partial charge in [0.1, 0.15) is 0 Å². The normalized spacial score (nSPS) is 10.6. The van der Waals surface area contributed by atoms with Crippen LogP contribution in [0.2, 0.25) is 0 Å². The van der Waals surface area contributed by atoms with Crippen molar-refractivity contribution in [2.75, 3.05) is 6.54 Å². The number of hydrogen-bond acceptors (Lipinski definition) is 2. The van der Waals surface area contributed by atoms with Crippen molar-refractivity contribution in [2.24, 2.45) is 0 Å². The Hall–Kier alpha value is -1.61. The highest BCUT2D eigenvalue weighted by atomic mass is 32.1. The fourth-order valence-electron chi connectivity index (χ4n) is 2.41. The van der Waals surface area contributed by atoms with Gasteiger partial charge in [0.05, 0.1) is 0 Å². The van der Waals surface area contributed by atoms with Crippen LogP contribution in [0, 0.1) is 0 Å². The summed E-state index contributed by atoms with van der Waals surface area (Å²) in [5.74, 6) is 0.131. The van der Waals surface area contributed by atoms with E-state index >= 15 is 0 Å². The Bertz CT molecular complexity index is 545. The van der Waals surface area contributed by atoms with E-state index in [0.29, 0.717) is 6.54 Å². The van der Waals surface area contributed by atoms with Gasteiger partial charge in [-0.1, -0.05) is 32.4 Å². The van der Waals surface area contributed by atoms with Crippen molar-refractivity contribution in [2.45, 2.75) is 39.7 Å². The topological polar surface area (TPSA) is 20.3 Å². The smallest absolute Gasteiger partial charge is 0.254 e. The molecule has 0 saturated carbocycles. The van der Waals surface area contributed by atoms with Gasteiger partial charge >= 0.3 is 0 Å². The molecule has 0 saturated heterocycles. The minimum atomic E-state index is 0.131. The summed E-state index contributed by atoms with van der Waals surface area (Å²) in [5.41, 5.74) is 3.30. The van der Waals surface area contributed by atoms with Crippen molar-refractivity contribution in [1.29, 1.82) is 0 Å². The van der Waals surface area contributed by atoms with Gasteiger partial charge in [-0.25, -0.2) is 0 Å². The summed E-state index contributed by atoms with van der Waals surface area (Å²) in [6, 6.07) is 10.2. The predicted octanol–water partition coefficient (Wildman–Crippen LogP) is 4.75. The molecule has 0 aliphatic rings. The molecular weight excluding hydrogens is 278 g/mol. The summed E-state index contributed by atoms with van der Waals surface area (Å²) >= 11 is 1.68. The maximum Gasteiger partial charge on any atom is 0.254 e. The van der Waals surface area contributed by atoms with Crippen LogP contribution < -0.4 is 0 Å². The van der Waals surface area contributed by atoms with Crippen molar-refractivity contribution < 1.29 is 4.79 Å². The number of carbonyl (C=O) groups excluding carboxylic acids is 1. The maximum absolute atomic E-state index is 12.7. The fraction of sp³-hybridized carbons (Fsp3) is 0.389. The van der Waals surface area contributed by atoms with Crippen LogP contribution in [0.3, 0.4) is 0 Å². The SMILES string of the molecule is CCCc1ccc(C(=O)N(CCC)Cc2ccsc2)cc1. The van der Waals surface area contributed by atoms with E-state index in [1.54, 1.807) is 11.3 Å². The predicted molar refractivity (Wildman–Crippen MR) is 89.8 cm³/mol. The molecule has 112 valence electrons. The largest absolute Gasteiger partial charge is 0.334 e. The van der Waals surface area contributed by atoms with Crippen LogP contribution in [0.1, 0.15) is 48.2 Å². The molecule has 0 radical (unpaired) electrons. The molecule has 0 unspecified atom stereocenters. The number of benzene rings is 1. The minimum absolute atomic E-state index is 0.131. The summed E-state index contributed by atoms with van der Waals surface area (Å²) in [5, 5.41) is 4.17. The molecule has 1 aromatic carbocycles. The Morgan fingerprint density at radius 2 is 1.81 bits per heavy atom. The van der Waals surface area contributed by atoms with Gasteiger partial charge in [0.15, 0.2) is 0 Å². The van der Waals surface area contributed by atoms with Crippen molar-refractivity contribution in [1.82, 2.24) is 4.90 Å². The van der Waals surface area contributed by atoms with Gasteiger partial charge < -0.3 is 4.90 Å². The van der Waals surface area contributed by atoms with E-state index in [4.69, 9.17) is 0 Å². The van der Waals surface area contributed by atoms with Crippen LogP contribution in [0.4, 0.5) is 0 Å². The van der Waals surface area contributed by atoms with E-state index < -0.39 is 0 Å².